The van der Waals surface area contributed by atoms with Crippen LogP contribution in [-0.4, -0.2) is 29.5 Å². The molecule has 1 atom stereocenters. The third-order valence-corrected chi connectivity index (χ3v) is 3.82. The molecule has 1 heterocycles. The number of nitrogens with zero attached hydrogens (tertiary/aromatic N) is 1. The highest BCUT2D eigenvalue weighted by atomic mass is 19.2. The van der Waals surface area contributed by atoms with Gasteiger partial charge in [0, 0.05) is 11.7 Å². The zero-order valence-electron chi connectivity index (χ0n) is 14.0. The van der Waals surface area contributed by atoms with E-state index in [0.29, 0.717) is 5.70 Å². The lowest BCUT2D eigenvalue weighted by atomic mass is 9.94. The summed E-state index contributed by atoms with van der Waals surface area (Å²) >= 11 is 0. The predicted molar refractivity (Wildman–Crippen MR) is 83.9 cm³/mol. The van der Waals surface area contributed by atoms with Crippen LogP contribution in [0.1, 0.15) is 39.3 Å². The van der Waals surface area contributed by atoms with Gasteiger partial charge in [-0.05, 0) is 45.4 Å². The largest absolute Gasteiger partial charge is 0.463 e. The van der Waals surface area contributed by atoms with Gasteiger partial charge in [0.25, 0.3) is 0 Å². The van der Waals surface area contributed by atoms with Crippen molar-refractivity contribution in [2.24, 2.45) is 0 Å². The number of carbonyl (C=O) groups excluding carboxylic acids is 2. The average molecular weight is 338 g/mol. The normalized spacial score (nSPS) is 18.0. The predicted octanol–water partition coefficient (Wildman–Crippen LogP) is 3.28. The van der Waals surface area contributed by atoms with Gasteiger partial charge in [-0.1, -0.05) is 6.07 Å². The molecule has 1 aromatic carbocycles. The van der Waals surface area contributed by atoms with Crippen molar-refractivity contribution >= 4 is 12.0 Å². The molecular formula is C17H20F2N2O3. The molecular weight excluding hydrogens is 318 g/mol. The lowest BCUT2D eigenvalue weighted by molar-refractivity contribution is -0.139. The molecule has 130 valence electrons. The van der Waals surface area contributed by atoms with E-state index in [9.17, 15) is 18.4 Å². The molecule has 0 saturated heterocycles. The topological polar surface area (TPSA) is 58.6 Å². The lowest BCUT2D eigenvalue weighted by Gasteiger charge is -2.37. The summed E-state index contributed by atoms with van der Waals surface area (Å²) in [7, 11) is 0. The number of hydrogen-bond acceptors (Lipinski definition) is 3. The Balaban J connectivity index is 2.57. The molecule has 2 amide bonds. The highest BCUT2D eigenvalue weighted by Gasteiger charge is 2.37. The average Bonchev–Trinajstić information content (AvgIpc) is 2.49. The van der Waals surface area contributed by atoms with Gasteiger partial charge in [0.05, 0.1) is 18.2 Å². The molecule has 0 aromatic heterocycles. The van der Waals surface area contributed by atoms with Crippen LogP contribution >= 0.6 is 0 Å². The molecule has 0 radical (unpaired) electrons. The lowest BCUT2D eigenvalue weighted by Crippen LogP contribution is -2.50. The molecule has 1 N–H and O–H groups in total. The van der Waals surface area contributed by atoms with Gasteiger partial charge >= 0.3 is 12.0 Å². The van der Waals surface area contributed by atoms with Gasteiger partial charge in [0.15, 0.2) is 11.6 Å². The first-order valence-electron chi connectivity index (χ1n) is 7.70. The minimum atomic E-state index is -1.05. The van der Waals surface area contributed by atoms with Crippen LogP contribution < -0.4 is 5.32 Å². The number of allylic oxidation sites excluding steroid dienone is 1. The molecule has 0 aliphatic carbocycles. The summed E-state index contributed by atoms with van der Waals surface area (Å²) in [5, 5.41) is 2.67. The van der Waals surface area contributed by atoms with Crippen molar-refractivity contribution in [3.05, 3.63) is 46.7 Å². The summed E-state index contributed by atoms with van der Waals surface area (Å²) in [4.78, 5) is 26.2. The van der Waals surface area contributed by atoms with Gasteiger partial charge in [-0.25, -0.2) is 18.4 Å². The minimum absolute atomic E-state index is 0.162. The van der Waals surface area contributed by atoms with E-state index < -0.39 is 29.7 Å². The quantitative estimate of drug-likeness (QED) is 0.857. The third-order valence-electron chi connectivity index (χ3n) is 3.82. The summed E-state index contributed by atoms with van der Waals surface area (Å²) in [6.07, 6.45) is 0. The van der Waals surface area contributed by atoms with Gasteiger partial charge in [-0.3, -0.25) is 4.90 Å². The number of benzene rings is 1. The second-order valence-corrected chi connectivity index (χ2v) is 5.74. The fourth-order valence-electron chi connectivity index (χ4n) is 2.79. The molecule has 0 bridgehead atoms. The Morgan fingerprint density at radius 2 is 2.00 bits per heavy atom. The summed E-state index contributed by atoms with van der Waals surface area (Å²) in [6.45, 7) is 7.09. The number of nitrogens with one attached hydrogen (secondary N) is 1. The maximum atomic E-state index is 13.6. The van der Waals surface area contributed by atoms with Crippen molar-refractivity contribution in [1.29, 1.82) is 0 Å². The van der Waals surface area contributed by atoms with E-state index >= 15 is 0 Å². The van der Waals surface area contributed by atoms with Crippen molar-refractivity contribution in [1.82, 2.24) is 10.2 Å². The van der Waals surface area contributed by atoms with Gasteiger partial charge in [0.2, 0.25) is 0 Å². The molecule has 1 aliphatic rings. The first-order valence-corrected chi connectivity index (χ1v) is 7.70. The zero-order valence-corrected chi connectivity index (χ0v) is 14.0. The van der Waals surface area contributed by atoms with E-state index in [2.05, 4.69) is 5.32 Å². The van der Waals surface area contributed by atoms with Crippen molar-refractivity contribution < 1.29 is 23.1 Å². The molecule has 24 heavy (non-hydrogen) atoms. The van der Waals surface area contributed by atoms with Crippen LogP contribution in [-0.2, 0) is 9.53 Å². The van der Waals surface area contributed by atoms with E-state index in [0.717, 1.165) is 12.1 Å². The maximum Gasteiger partial charge on any atom is 0.338 e. The Hall–Kier alpha value is -2.44. The smallest absolute Gasteiger partial charge is 0.338 e. The minimum Gasteiger partial charge on any atom is -0.463 e. The van der Waals surface area contributed by atoms with Crippen molar-refractivity contribution in [2.75, 3.05) is 6.61 Å². The summed E-state index contributed by atoms with van der Waals surface area (Å²) in [5.41, 5.74) is 0.908. The molecule has 7 heteroatoms. The Labute approximate surface area is 139 Å². The van der Waals surface area contributed by atoms with E-state index in [4.69, 9.17) is 4.74 Å². The van der Waals surface area contributed by atoms with E-state index in [1.165, 1.54) is 11.0 Å². The van der Waals surface area contributed by atoms with Crippen LogP contribution in [0.5, 0.6) is 0 Å². The highest BCUT2D eigenvalue weighted by molar-refractivity contribution is 5.95. The standard InChI is InChI=1S/C17H20F2N2O3/c1-5-24-16(22)14-10(4)21(9(2)3)17(23)20-15(14)11-6-7-12(18)13(19)8-11/h6-9,15H,5H2,1-4H3,(H,20,23)/t15-/m1/s1. The Morgan fingerprint density at radius 1 is 1.33 bits per heavy atom. The molecule has 0 saturated carbocycles. The summed E-state index contributed by atoms with van der Waals surface area (Å²) in [5.74, 6) is -2.65. The molecule has 0 fully saturated rings. The monoisotopic (exact) mass is 338 g/mol. The summed E-state index contributed by atoms with van der Waals surface area (Å²) in [6, 6.07) is 1.77. The molecule has 1 aromatic rings. The number of esters is 1. The van der Waals surface area contributed by atoms with Crippen LogP contribution in [0.3, 0.4) is 0 Å². The Kier molecular flexibility index (Phi) is 5.21. The van der Waals surface area contributed by atoms with Crippen LogP contribution in [0.25, 0.3) is 0 Å². The van der Waals surface area contributed by atoms with Gasteiger partial charge in [0.1, 0.15) is 0 Å². The number of carbonyl (C=O) groups is 2. The first kappa shape index (κ1) is 17.9. The number of urea groups is 1. The number of amides is 2. The number of ether oxygens (including phenoxy) is 1. The Morgan fingerprint density at radius 3 is 2.54 bits per heavy atom. The van der Waals surface area contributed by atoms with Gasteiger partial charge in [-0.2, -0.15) is 0 Å². The maximum absolute atomic E-state index is 13.6. The zero-order chi connectivity index (χ0) is 18.0. The van der Waals surface area contributed by atoms with Crippen LogP contribution in [0.4, 0.5) is 13.6 Å². The van der Waals surface area contributed by atoms with Crippen LogP contribution in [0.2, 0.25) is 0 Å². The SMILES string of the molecule is CCOC(=O)C1=C(C)N(C(C)C)C(=O)N[C@@H]1c1ccc(F)c(F)c1. The molecule has 2 rings (SSSR count). The van der Waals surface area contributed by atoms with E-state index in [-0.39, 0.29) is 23.8 Å². The highest BCUT2D eigenvalue weighted by Crippen LogP contribution is 2.32. The number of rotatable bonds is 4. The van der Waals surface area contributed by atoms with Crippen molar-refractivity contribution in [3.8, 4) is 0 Å². The van der Waals surface area contributed by atoms with E-state index in [1.54, 1.807) is 13.8 Å². The van der Waals surface area contributed by atoms with Crippen LogP contribution in [0.15, 0.2) is 29.5 Å². The second-order valence-electron chi connectivity index (χ2n) is 5.74. The summed E-state index contributed by atoms with van der Waals surface area (Å²) < 4.78 is 31.8. The van der Waals surface area contributed by atoms with E-state index in [1.807, 2.05) is 13.8 Å². The number of halogens is 2. The molecule has 5 nitrogen and oxygen atoms in total. The van der Waals surface area contributed by atoms with Gasteiger partial charge in [-0.15, -0.1) is 0 Å². The molecule has 1 aliphatic heterocycles. The van der Waals surface area contributed by atoms with Crippen molar-refractivity contribution in [3.63, 3.8) is 0 Å². The third kappa shape index (κ3) is 3.25. The second kappa shape index (κ2) is 6.98. The van der Waals surface area contributed by atoms with Crippen LogP contribution in [0, 0.1) is 11.6 Å². The number of hydrogen-bond donors (Lipinski definition) is 1. The fraction of sp³-hybridized carbons (Fsp3) is 0.412. The molecule has 0 unspecified atom stereocenters. The molecule has 0 spiro atoms. The fourth-order valence-corrected chi connectivity index (χ4v) is 2.79. The first-order chi connectivity index (χ1) is 11.3. The van der Waals surface area contributed by atoms with Crippen molar-refractivity contribution in [2.45, 2.75) is 39.8 Å². The Bertz CT molecular complexity index is 701. The van der Waals surface area contributed by atoms with Gasteiger partial charge < -0.3 is 10.1 Å².